The van der Waals surface area contributed by atoms with Crippen LogP contribution < -0.4 is 10.6 Å². The molecule has 0 radical (unpaired) electrons. The molecule has 0 bridgehead atoms. The van der Waals surface area contributed by atoms with Gasteiger partial charge in [-0.2, -0.15) is 0 Å². The molecule has 0 unspecified atom stereocenters. The van der Waals surface area contributed by atoms with Crippen molar-refractivity contribution in [2.24, 2.45) is 0 Å². The van der Waals surface area contributed by atoms with Crippen molar-refractivity contribution in [2.45, 2.75) is 0 Å². The molecule has 146 valence electrons. The Morgan fingerprint density at radius 3 is 2.34 bits per heavy atom. The van der Waals surface area contributed by atoms with Crippen LogP contribution in [-0.2, 0) is 0 Å². The van der Waals surface area contributed by atoms with Gasteiger partial charge in [0.25, 0.3) is 17.5 Å². The van der Waals surface area contributed by atoms with Gasteiger partial charge >= 0.3 is 0 Å². The lowest BCUT2D eigenvalue weighted by atomic mass is 10.1. The number of carbonyl (C=O) groups excluding carboxylic acids is 2. The lowest BCUT2D eigenvalue weighted by molar-refractivity contribution is -0.384. The highest BCUT2D eigenvalue weighted by atomic mass is 79.9. The first kappa shape index (κ1) is 20.0. The van der Waals surface area contributed by atoms with E-state index in [1.165, 1.54) is 12.1 Å². The van der Waals surface area contributed by atoms with Crippen LogP contribution >= 0.6 is 15.9 Å². The van der Waals surface area contributed by atoms with Crippen molar-refractivity contribution in [1.29, 1.82) is 0 Å². The zero-order valence-corrected chi connectivity index (χ0v) is 16.3. The van der Waals surface area contributed by atoms with E-state index in [-0.39, 0.29) is 22.5 Å². The molecule has 0 atom stereocenters. The SMILES string of the molecule is O=C(Nc1ccccc1C(=O)Nc1cccc(Br)c1)c1cc([N+](=O)[O-])ccc1O. The number of aromatic hydroxyl groups is 1. The van der Waals surface area contributed by atoms with Gasteiger partial charge in [-0.05, 0) is 36.4 Å². The third-order valence-electron chi connectivity index (χ3n) is 3.94. The average Bonchev–Trinajstić information content (AvgIpc) is 2.68. The molecule has 9 heteroatoms. The van der Waals surface area contributed by atoms with E-state index in [2.05, 4.69) is 26.6 Å². The van der Waals surface area contributed by atoms with E-state index < -0.39 is 22.5 Å². The number of halogens is 1. The molecule has 29 heavy (non-hydrogen) atoms. The van der Waals surface area contributed by atoms with Crippen LogP contribution in [0.3, 0.4) is 0 Å². The fourth-order valence-electron chi connectivity index (χ4n) is 2.56. The average molecular weight is 456 g/mol. The van der Waals surface area contributed by atoms with Gasteiger partial charge in [0.2, 0.25) is 0 Å². The van der Waals surface area contributed by atoms with Gasteiger partial charge in [-0.3, -0.25) is 19.7 Å². The number of non-ortho nitro benzene ring substituents is 1. The number of hydrogen-bond donors (Lipinski definition) is 3. The maximum atomic E-state index is 12.7. The van der Waals surface area contributed by atoms with E-state index >= 15 is 0 Å². The largest absolute Gasteiger partial charge is 0.507 e. The molecular weight excluding hydrogens is 442 g/mol. The quantitative estimate of drug-likeness (QED) is 0.384. The summed E-state index contributed by atoms with van der Waals surface area (Å²) in [6, 6.07) is 16.4. The van der Waals surface area contributed by atoms with Crippen LogP contribution in [0.4, 0.5) is 17.1 Å². The smallest absolute Gasteiger partial charge is 0.270 e. The number of nitro groups is 1. The first-order valence-electron chi connectivity index (χ1n) is 8.30. The van der Waals surface area contributed by atoms with E-state index in [4.69, 9.17) is 0 Å². The monoisotopic (exact) mass is 455 g/mol. The zero-order chi connectivity index (χ0) is 21.0. The number of carbonyl (C=O) groups is 2. The molecule has 0 fully saturated rings. The van der Waals surface area contributed by atoms with Crippen LogP contribution in [0, 0.1) is 10.1 Å². The molecule has 3 aromatic carbocycles. The van der Waals surface area contributed by atoms with Gasteiger partial charge in [0, 0.05) is 22.3 Å². The number of para-hydroxylation sites is 1. The van der Waals surface area contributed by atoms with Gasteiger partial charge < -0.3 is 15.7 Å². The number of benzene rings is 3. The van der Waals surface area contributed by atoms with Gasteiger partial charge in [-0.1, -0.05) is 34.1 Å². The van der Waals surface area contributed by atoms with E-state index in [0.29, 0.717) is 5.69 Å². The Bertz CT molecular complexity index is 1120. The molecule has 0 heterocycles. The van der Waals surface area contributed by atoms with Gasteiger partial charge in [0.05, 0.1) is 21.7 Å². The van der Waals surface area contributed by atoms with Crippen LogP contribution in [0.15, 0.2) is 71.2 Å². The Kier molecular flexibility index (Phi) is 5.89. The van der Waals surface area contributed by atoms with Crippen LogP contribution in [0.1, 0.15) is 20.7 Å². The lowest BCUT2D eigenvalue weighted by Crippen LogP contribution is -2.18. The fourth-order valence-corrected chi connectivity index (χ4v) is 2.96. The molecule has 3 rings (SSSR count). The number of rotatable bonds is 5. The number of nitrogens with one attached hydrogen (secondary N) is 2. The second-order valence-electron chi connectivity index (χ2n) is 5.92. The third-order valence-corrected chi connectivity index (χ3v) is 4.43. The summed E-state index contributed by atoms with van der Waals surface area (Å²) in [6.07, 6.45) is 0. The first-order chi connectivity index (χ1) is 13.8. The molecular formula is C20H14BrN3O5. The van der Waals surface area contributed by atoms with Crippen LogP contribution in [0.5, 0.6) is 5.75 Å². The van der Waals surface area contributed by atoms with Crippen molar-refractivity contribution in [3.8, 4) is 5.75 Å². The molecule has 2 amide bonds. The van der Waals surface area contributed by atoms with Crippen molar-refractivity contribution in [3.63, 3.8) is 0 Å². The van der Waals surface area contributed by atoms with Gasteiger partial charge in [0.1, 0.15) is 5.75 Å². The van der Waals surface area contributed by atoms with Crippen molar-refractivity contribution < 1.29 is 19.6 Å². The predicted molar refractivity (Wildman–Crippen MR) is 111 cm³/mol. The molecule has 0 saturated carbocycles. The summed E-state index contributed by atoms with van der Waals surface area (Å²) in [7, 11) is 0. The fraction of sp³-hybridized carbons (Fsp3) is 0. The molecule has 3 aromatic rings. The normalized spacial score (nSPS) is 10.2. The number of nitro benzene ring substituents is 1. The number of anilines is 2. The van der Waals surface area contributed by atoms with E-state index in [1.807, 2.05) is 6.07 Å². The van der Waals surface area contributed by atoms with E-state index in [9.17, 15) is 24.8 Å². The highest BCUT2D eigenvalue weighted by molar-refractivity contribution is 9.10. The highest BCUT2D eigenvalue weighted by Crippen LogP contribution is 2.25. The molecule has 0 aliphatic carbocycles. The molecule has 8 nitrogen and oxygen atoms in total. The molecule has 0 aliphatic heterocycles. The van der Waals surface area contributed by atoms with Gasteiger partial charge in [-0.15, -0.1) is 0 Å². The van der Waals surface area contributed by atoms with Crippen LogP contribution in [-0.4, -0.2) is 21.8 Å². The summed E-state index contributed by atoms with van der Waals surface area (Å²) in [5.41, 5.74) is 0.318. The molecule has 0 aliphatic rings. The second-order valence-corrected chi connectivity index (χ2v) is 6.84. The zero-order valence-electron chi connectivity index (χ0n) is 14.8. The minimum atomic E-state index is -0.783. The number of nitrogens with zero attached hydrogens (tertiary/aromatic N) is 1. The Morgan fingerprint density at radius 1 is 0.897 bits per heavy atom. The summed E-state index contributed by atoms with van der Waals surface area (Å²) >= 11 is 3.32. The van der Waals surface area contributed by atoms with Crippen LogP contribution in [0.2, 0.25) is 0 Å². The maximum Gasteiger partial charge on any atom is 0.270 e. The molecule has 3 N–H and O–H groups in total. The summed E-state index contributed by atoms with van der Waals surface area (Å²) < 4.78 is 0.790. The minimum Gasteiger partial charge on any atom is -0.507 e. The molecule has 0 aromatic heterocycles. The number of hydrogen-bond acceptors (Lipinski definition) is 5. The third kappa shape index (κ3) is 4.77. The van der Waals surface area contributed by atoms with Crippen LogP contribution in [0.25, 0.3) is 0 Å². The predicted octanol–water partition coefficient (Wildman–Crippen LogP) is 4.57. The van der Waals surface area contributed by atoms with Crippen molar-refractivity contribution in [1.82, 2.24) is 0 Å². The van der Waals surface area contributed by atoms with Gasteiger partial charge in [0.15, 0.2) is 0 Å². The Balaban J connectivity index is 1.86. The summed E-state index contributed by atoms with van der Waals surface area (Å²) in [6.45, 7) is 0. The van der Waals surface area contributed by atoms with E-state index in [0.717, 1.165) is 22.7 Å². The summed E-state index contributed by atoms with van der Waals surface area (Å²) in [5.74, 6) is -1.65. The Hall–Kier alpha value is -3.72. The lowest BCUT2D eigenvalue weighted by Gasteiger charge is -2.12. The second kappa shape index (κ2) is 8.53. The Labute approximate surface area is 173 Å². The van der Waals surface area contributed by atoms with Crippen molar-refractivity contribution in [2.75, 3.05) is 10.6 Å². The van der Waals surface area contributed by atoms with Crippen molar-refractivity contribution >= 4 is 44.8 Å². The minimum absolute atomic E-state index is 0.186. The topological polar surface area (TPSA) is 122 Å². The van der Waals surface area contributed by atoms with Gasteiger partial charge in [-0.25, -0.2) is 0 Å². The number of phenols is 1. The molecule has 0 spiro atoms. The standard InChI is InChI=1S/C20H14BrN3O5/c21-12-4-3-5-13(10-12)22-19(26)15-6-1-2-7-17(15)23-20(27)16-11-14(24(28)29)8-9-18(16)25/h1-11,25H,(H,22,26)(H,23,27). The maximum absolute atomic E-state index is 12.7. The molecule has 0 saturated heterocycles. The van der Waals surface area contributed by atoms with E-state index in [1.54, 1.807) is 30.3 Å². The summed E-state index contributed by atoms with van der Waals surface area (Å²) in [5, 5.41) is 26.1. The highest BCUT2D eigenvalue weighted by Gasteiger charge is 2.19. The number of amides is 2. The Morgan fingerprint density at radius 2 is 1.62 bits per heavy atom. The number of phenolic OH excluding ortho intramolecular Hbond substituents is 1. The summed E-state index contributed by atoms with van der Waals surface area (Å²) in [4.78, 5) is 35.5. The first-order valence-corrected chi connectivity index (χ1v) is 9.09. The van der Waals surface area contributed by atoms with Crippen molar-refractivity contribution in [3.05, 3.63) is 92.4 Å².